The smallest absolute Gasteiger partial charge is 0.351 e. The second kappa shape index (κ2) is 6.58. The summed E-state index contributed by atoms with van der Waals surface area (Å²) in [6.07, 6.45) is -0.898. The average molecular weight is 324 g/mol. The third kappa shape index (κ3) is 3.15. The van der Waals surface area contributed by atoms with Crippen molar-refractivity contribution in [1.29, 1.82) is 0 Å². The van der Waals surface area contributed by atoms with Crippen LogP contribution in [0.15, 0.2) is 63.8 Å². The Kier molecular flexibility index (Phi) is 4.33. The number of rotatable bonds is 4. The van der Waals surface area contributed by atoms with Gasteiger partial charge in [0.25, 0.3) is 0 Å². The molecule has 5 nitrogen and oxygen atoms in total. The van der Waals surface area contributed by atoms with E-state index in [9.17, 15) is 9.59 Å². The Morgan fingerprint density at radius 1 is 1.08 bits per heavy atom. The monoisotopic (exact) mass is 324 g/mol. The zero-order valence-corrected chi connectivity index (χ0v) is 13.3. The number of carbonyl (C=O) groups is 1. The van der Waals surface area contributed by atoms with Crippen molar-refractivity contribution in [3.63, 3.8) is 0 Å². The van der Waals surface area contributed by atoms with Gasteiger partial charge in [-0.05, 0) is 24.6 Å². The molecule has 0 N–H and O–H groups in total. The van der Waals surface area contributed by atoms with Gasteiger partial charge in [-0.25, -0.2) is 9.59 Å². The fraction of sp³-hybridized carbons (Fsp3) is 0.158. The largest absolute Gasteiger partial charge is 0.474 e. The van der Waals surface area contributed by atoms with E-state index in [1.54, 1.807) is 30.3 Å². The van der Waals surface area contributed by atoms with Gasteiger partial charge in [0.05, 0.1) is 7.11 Å². The highest BCUT2D eigenvalue weighted by molar-refractivity contribution is 5.81. The van der Waals surface area contributed by atoms with Gasteiger partial charge in [-0.15, -0.1) is 0 Å². The summed E-state index contributed by atoms with van der Waals surface area (Å²) < 4.78 is 15.8. The molecule has 1 aromatic heterocycles. The third-order valence-corrected chi connectivity index (χ3v) is 3.69. The zero-order chi connectivity index (χ0) is 17.1. The number of aryl methyl sites for hydroxylation is 1. The number of carbonyl (C=O) groups excluding carboxylic acids is 1. The molecule has 0 spiro atoms. The Balaban J connectivity index is 1.99. The predicted octanol–water partition coefficient (Wildman–Crippen LogP) is 3.39. The maximum Gasteiger partial charge on any atom is 0.351 e. The summed E-state index contributed by atoms with van der Waals surface area (Å²) in [6.45, 7) is 1.83. The van der Waals surface area contributed by atoms with Gasteiger partial charge < -0.3 is 13.9 Å². The number of esters is 1. The molecule has 0 amide bonds. The van der Waals surface area contributed by atoms with Gasteiger partial charge in [0.15, 0.2) is 0 Å². The highest BCUT2D eigenvalue weighted by Gasteiger charge is 2.23. The van der Waals surface area contributed by atoms with Gasteiger partial charge in [0, 0.05) is 23.1 Å². The topological polar surface area (TPSA) is 65.7 Å². The predicted molar refractivity (Wildman–Crippen MR) is 89.0 cm³/mol. The van der Waals surface area contributed by atoms with Gasteiger partial charge in [-0.1, -0.05) is 30.3 Å². The lowest BCUT2D eigenvalue weighted by Gasteiger charge is -2.17. The molecule has 0 fully saturated rings. The van der Waals surface area contributed by atoms with Crippen molar-refractivity contribution in [3.8, 4) is 5.75 Å². The lowest BCUT2D eigenvalue weighted by Crippen LogP contribution is -2.20. The maximum absolute atomic E-state index is 12.1. The van der Waals surface area contributed by atoms with Crippen molar-refractivity contribution in [3.05, 3.63) is 76.1 Å². The second-order valence-corrected chi connectivity index (χ2v) is 5.34. The lowest BCUT2D eigenvalue weighted by atomic mass is 10.1. The molecule has 0 aliphatic carbocycles. The Hall–Kier alpha value is -3.08. The molecule has 0 saturated carbocycles. The van der Waals surface area contributed by atoms with Crippen molar-refractivity contribution >= 4 is 16.9 Å². The van der Waals surface area contributed by atoms with E-state index in [0.717, 1.165) is 10.9 Å². The first-order chi connectivity index (χ1) is 11.6. The van der Waals surface area contributed by atoms with Crippen molar-refractivity contribution in [2.24, 2.45) is 0 Å². The Morgan fingerprint density at radius 3 is 2.54 bits per heavy atom. The second-order valence-electron chi connectivity index (χ2n) is 5.34. The van der Waals surface area contributed by atoms with Crippen LogP contribution in [0.4, 0.5) is 0 Å². The summed E-state index contributed by atoms with van der Waals surface area (Å²) in [5.41, 5.74) is 1.48. The van der Waals surface area contributed by atoms with Crippen molar-refractivity contribution < 1.29 is 18.7 Å². The molecule has 2 aromatic carbocycles. The highest BCUT2D eigenvalue weighted by Crippen LogP contribution is 2.27. The van der Waals surface area contributed by atoms with Crippen molar-refractivity contribution in [2.75, 3.05) is 7.11 Å². The van der Waals surface area contributed by atoms with Crippen LogP contribution in [-0.4, -0.2) is 13.1 Å². The first-order valence-corrected chi connectivity index (χ1v) is 7.42. The fourth-order valence-corrected chi connectivity index (χ4v) is 2.50. The van der Waals surface area contributed by atoms with Crippen LogP contribution in [0.2, 0.25) is 0 Å². The lowest BCUT2D eigenvalue weighted by molar-refractivity contribution is -0.149. The molecular weight excluding hydrogens is 308 g/mol. The maximum atomic E-state index is 12.1. The van der Waals surface area contributed by atoms with Crippen LogP contribution in [0, 0.1) is 6.92 Å². The summed E-state index contributed by atoms with van der Waals surface area (Å²) in [5, 5.41) is 0.816. The molecule has 0 aliphatic heterocycles. The molecule has 0 aliphatic rings. The van der Waals surface area contributed by atoms with E-state index in [2.05, 4.69) is 0 Å². The number of hydrogen-bond donors (Lipinski definition) is 0. The van der Waals surface area contributed by atoms with E-state index in [4.69, 9.17) is 13.9 Å². The molecular formula is C19H16O5. The number of methoxy groups -OCH3 is 1. The van der Waals surface area contributed by atoms with E-state index in [0.29, 0.717) is 16.9 Å². The number of benzene rings is 2. The number of ether oxygens (including phenoxy) is 2. The van der Waals surface area contributed by atoms with Crippen LogP contribution >= 0.6 is 0 Å². The molecule has 0 bridgehead atoms. The van der Waals surface area contributed by atoms with Gasteiger partial charge in [-0.2, -0.15) is 0 Å². The molecule has 5 heteroatoms. The Bertz CT molecular complexity index is 927. The summed E-state index contributed by atoms with van der Waals surface area (Å²) in [4.78, 5) is 23.6. The van der Waals surface area contributed by atoms with Gasteiger partial charge >= 0.3 is 11.6 Å². The Morgan fingerprint density at radius 2 is 1.83 bits per heavy atom. The van der Waals surface area contributed by atoms with Crippen LogP contribution in [-0.2, 0) is 9.53 Å². The molecule has 3 aromatic rings. The first kappa shape index (κ1) is 15.8. The highest BCUT2D eigenvalue weighted by atomic mass is 16.6. The summed E-state index contributed by atoms with van der Waals surface area (Å²) >= 11 is 0. The van der Waals surface area contributed by atoms with Gasteiger partial charge in [0.1, 0.15) is 11.3 Å². The minimum absolute atomic E-state index is 0.411. The van der Waals surface area contributed by atoms with Crippen LogP contribution < -0.4 is 10.4 Å². The molecule has 122 valence electrons. The fourth-order valence-electron chi connectivity index (χ4n) is 2.50. The molecule has 1 heterocycles. The third-order valence-electron chi connectivity index (χ3n) is 3.69. The number of hydrogen-bond acceptors (Lipinski definition) is 5. The summed E-state index contributed by atoms with van der Waals surface area (Å²) in [5.74, 6) is -0.0949. The quantitative estimate of drug-likeness (QED) is 0.543. The van der Waals surface area contributed by atoms with Gasteiger partial charge in [0.2, 0.25) is 6.10 Å². The van der Waals surface area contributed by atoms with Crippen LogP contribution in [0.25, 0.3) is 11.0 Å². The molecule has 0 radical (unpaired) electrons. The van der Waals surface area contributed by atoms with E-state index in [1.165, 1.54) is 13.2 Å². The number of fused-ring (bicyclic) bond motifs is 1. The van der Waals surface area contributed by atoms with Crippen LogP contribution in [0.1, 0.15) is 17.2 Å². The van der Waals surface area contributed by atoms with E-state index in [1.807, 2.05) is 25.1 Å². The summed E-state index contributed by atoms with van der Waals surface area (Å²) in [7, 11) is 1.31. The average Bonchev–Trinajstić information content (AvgIpc) is 2.59. The van der Waals surface area contributed by atoms with Crippen LogP contribution in [0.3, 0.4) is 0 Å². The van der Waals surface area contributed by atoms with Crippen LogP contribution in [0.5, 0.6) is 5.75 Å². The molecule has 24 heavy (non-hydrogen) atoms. The molecule has 3 rings (SSSR count). The zero-order valence-electron chi connectivity index (χ0n) is 13.3. The van der Waals surface area contributed by atoms with E-state index in [-0.39, 0.29) is 0 Å². The molecule has 0 saturated heterocycles. The standard InChI is InChI=1S/C19H16O5/c1-12-10-17(20)24-16-11-14(8-9-15(12)16)23-18(19(21)22-2)13-6-4-3-5-7-13/h3-11,18H,1-2H3. The molecule has 1 atom stereocenters. The molecule has 1 unspecified atom stereocenters. The normalized spacial score (nSPS) is 11.9. The van der Waals surface area contributed by atoms with Crippen molar-refractivity contribution in [1.82, 2.24) is 0 Å². The summed E-state index contributed by atoms with van der Waals surface area (Å²) in [6, 6.07) is 15.6. The van der Waals surface area contributed by atoms with E-state index >= 15 is 0 Å². The van der Waals surface area contributed by atoms with E-state index < -0.39 is 17.7 Å². The van der Waals surface area contributed by atoms with Crippen molar-refractivity contribution in [2.45, 2.75) is 13.0 Å². The van der Waals surface area contributed by atoms with Gasteiger partial charge in [-0.3, -0.25) is 0 Å². The minimum Gasteiger partial charge on any atom is -0.474 e. The SMILES string of the molecule is COC(=O)C(Oc1ccc2c(C)cc(=O)oc2c1)c1ccccc1. The minimum atomic E-state index is -0.898. The first-order valence-electron chi connectivity index (χ1n) is 7.42. The Labute approximate surface area is 138 Å².